The number of rotatable bonds is 0. The molecule has 0 bridgehead atoms. The van der Waals surface area contributed by atoms with Crippen molar-refractivity contribution in [3.8, 4) is 0 Å². The quantitative estimate of drug-likeness (QED) is 0.372. The summed E-state index contributed by atoms with van der Waals surface area (Å²) in [6.07, 6.45) is 3.12. The van der Waals surface area contributed by atoms with Crippen molar-refractivity contribution < 1.29 is 4.92 Å². The van der Waals surface area contributed by atoms with Crippen LogP contribution in [0.3, 0.4) is 0 Å². The molecular formula is C9H6N2O2S. The Hall–Kier alpha value is -1.62. The molecule has 0 radical (unpaired) electrons. The van der Waals surface area contributed by atoms with Crippen LogP contribution in [0.25, 0.3) is 6.08 Å². The Balaban J connectivity index is 2.41. The van der Waals surface area contributed by atoms with Crippen molar-refractivity contribution >= 4 is 23.9 Å². The molecule has 1 aromatic carbocycles. The summed E-state index contributed by atoms with van der Waals surface area (Å²) in [6, 6.07) is 7.56. The van der Waals surface area contributed by atoms with Crippen LogP contribution >= 0.6 is 11.9 Å². The summed E-state index contributed by atoms with van der Waals surface area (Å²) in [5, 5.41) is 10.5. The molecule has 0 fully saturated rings. The van der Waals surface area contributed by atoms with E-state index in [4.69, 9.17) is 0 Å². The van der Waals surface area contributed by atoms with Crippen LogP contribution in [-0.2, 0) is 0 Å². The maximum atomic E-state index is 10.5. The summed E-state index contributed by atoms with van der Waals surface area (Å²) in [7, 11) is 0. The van der Waals surface area contributed by atoms with E-state index in [1.54, 1.807) is 6.08 Å². The van der Waals surface area contributed by atoms with Crippen LogP contribution in [0.15, 0.2) is 39.6 Å². The van der Waals surface area contributed by atoms with E-state index >= 15 is 0 Å². The number of nitro groups is 1. The molecule has 14 heavy (non-hydrogen) atoms. The van der Waals surface area contributed by atoms with Crippen molar-refractivity contribution in [1.29, 1.82) is 0 Å². The van der Waals surface area contributed by atoms with Crippen LogP contribution in [0.2, 0.25) is 0 Å². The highest BCUT2D eigenvalue weighted by atomic mass is 32.2. The predicted octanol–water partition coefficient (Wildman–Crippen LogP) is 2.40. The fourth-order valence-electron chi connectivity index (χ4n) is 1.09. The molecule has 1 aromatic rings. The minimum atomic E-state index is -0.491. The van der Waals surface area contributed by atoms with Gasteiger partial charge in [-0.05, 0) is 22.6 Å². The maximum Gasteiger partial charge on any atom is 0.372 e. The monoisotopic (exact) mass is 206 g/mol. The Morgan fingerprint density at radius 1 is 1.29 bits per heavy atom. The Morgan fingerprint density at radius 3 is 2.86 bits per heavy atom. The van der Waals surface area contributed by atoms with Crippen molar-refractivity contribution in [2.75, 3.05) is 0 Å². The standard InChI is InChI=1S/C9H6N2O2S/c12-11(13)9-6-5-7-3-1-2-4-8(7)14-10-9/h1-6H. The Bertz CT molecular complexity index is 440. The topological polar surface area (TPSA) is 55.5 Å². The van der Waals surface area contributed by atoms with Crippen molar-refractivity contribution in [3.63, 3.8) is 0 Å². The van der Waals surface area contributed by atoms with Gasteiger partial charge in [-0.3, -0.25) is 0 Å². The fraction of sp³-hybridized carbons (Fsp3) is 0. The fourth-order valence-corrected chi connectivity index (χ4v) is 1.79. The third-order valence-corrected chi connectivity index (χ3v) is 2.60. The molecule has 0 aliphatic carbocycles. The molecule has 5 heteroatoms. The highest BCUT2D eigenvalue weighted by molar-refractivity contribution is 7.98. The number of benzene rings is 1. The molecule has 0 unspecified atom stereocenters. The van der Waals surface area contributed by atoms with E-state index in [1.807, 2.05) is 24.3 Å². The van der Waals surface area contributed by atoms with E-state index in [0.717, 1.165) is 22.4 Å². The zero-order chi connectivity index (χ0) is 9.97. The summed E-state index contributed by atoms with van der Waals surface area (Å²) in [5.74, 6) is -0.119. The molecule has 2 rings (SSSR count). The van der Waals surface area contributed by atoms with Gasteiger partial charge in [0.25, 0.3) is 0 Å². The van der Waals surface area contributed by atoms with Crippen molar-refractivity contribution in [2.45, 2.75) is 4.90 Å². The largest absolute Gasteiger partial charge is 0.372 e. The highest BCUT2D eigenvalue weighted by Crippen LogP contribution is 2.27. The second-order valence-electron chi connectivity index (χ2n) is 2.67. The SMILES string of the molecule is O=[N+]([O-])C1=NSc2ccccc2C=C1. The minimum Gasteiger partial charge on any atom is -0.358 e. The summed E-state index contributed by atoms with van der Waals surface area (Å²) in [4.78, 5) is 10.9. The van der Waals surface area contributed by atoms with E-state index in [9.17, 15) is 10.1 Å². The van der Waals surface area contributed by atoms with Gasteiger partial charge >= 0.3 is 5.84 Å². The third-order valence-electron chi connectivity index (χ3n) is 1.76. The molecule has 1 aliphatic heterocycles. The van der Waals surface area contributed by atoms with E-state index in [-0.39, 0.29) is 5.84 Å². The highest BCUT2D eigenvalue weighted by Gasteiger charge is 2.14. The van der Waals surface area contributed by atoms with Crippen molar-refractivity contribution in [3.05, 3.63) is 46.0 Å². The Kier molecular flexibility index (Phi) is 2.32. The van der Waals surface area contributed by atoms with Gasteiger partial charge in [0.1, 0.15) is 11.9 Å². The first-order valence-electron chi connectivity index (χ1n) is 3.94. The maximum absolute atomic E-state index is 10.5. The lowest BCUT2D eigenvalue weighted by molar-refractivity contribution is -0.347. The number of hydrogen-bond acceptors (Lipinski definition) is 4. The summed E-state index contributed by atoms with van der Waals surface area (Å²) in [6.45, 7) is 0. The molecule has 1 aliphatic rings. The van der Waals surface area contributed by atoms with Gasteiger partial charge in [-0.1, -0.05) is 18.2 Å². The molecule has 0 aromatic heterocycles. The molecule has 1 heterocycles. The van der Waals surface area contributed by atoms with E-state index < -0.39 is 4.92 Å². The van der Waals surface area contributed by atoms with Crippen LogP contribution < -0.4 is 0 Å². The Labute approximate surface area is 84.6 Å². The van der Waals surface area contributed by atoms with Gasteiger partial charge in [0.2, 0.25) is 0 Å². The summed E-state index contributed by atoms with van der Waals surface area (Å²) in [5.41, 5.74) is 0.957. The molecule has 0 saturated carbocycles. The van der Waals surface area contributed by atoms with Crippen molar-refractivity contribution in [2.24, 2.45) is 4.40 Å². The number of nitrogens with zero attached hydrogens (tertiary/aromatic N) is 2. The molecule has 0 saturated heterocycles. The second-order valence-corrected chi connectivity index (χ2v) is 3.47. The smallest absolute Gasteiger partial charge is 0.358 e. The molecule has 0 atom stereocenters. The first kappa shape index (κ1) is 8.96. The van der Waals surface area contributed by atoms with E-state index in [2.05, 4.69) is 4.40 Å². The van der Waals surface area contributed by atoms with Gasteiger partial charge in [0.15, 0.2) is 0 Å². The zero-order valence-electron chi connectivity index (χ0n) is 7.08. The number of amidine groups is 1. The molecule has 0 amide bonds. The van der Waals surface area contributed by atoms with Crippen LogP contribution in [0, 0.1) is 10.1 Å². The molecule has 70 valence electrons. The average Bonchev–Trinajstić information content (AvgIpc) is 2.39. The van der Waals surface area contributed by atoms with E-state index in [1.165, 1.54) is 6.08 Å². The number of fused-ring (bicyclic) bond motifs is 1. The summed E-state index contributed by atoms with van der Waals surface area (Å²) >= 11 is 1.13. The van der Waals surface area contributed by atoms with Gasteiger partial charge in [0, 0.05) is 10.5 Å². The van der Waals surface area contributed by atoms with Crippen LogP contribution in [0.5, 0.6) is 0 Å². The lowest BCUT2D eigenvalue weighted by Crippen LogP contribution is -2.06. The number of hydrogen-bond donors (Lipinski definition) is 0. The first-order chi connectivity index (χ1) is 6.77. The average molecular weight is 206 g/mol. The first-order valence-corrected chi connectivity index (χ1v) is 4.71. The van der Waals surface area contributed by atoms with Gasteiger partial charge in [-0.2, -0.15) is 0 Å². The second kappa shape index (κ2) is 3.63. The summed E-state index contributed by atoms with van der Waals surface area (Å²) < 4.78 is 3.81. The van der Waals surface area contributed by atoms with Gasteiger partial charge in [0.05, 0.1) is 4.90 Å². The van der Waals surface area contributed by atoms with Crippen LogP contribution in [0.1, 0.15) is 5.56 Å². The normalized spacial score (nSPS) is 14.1. The molecule has 0 spiro atoms. The van der Waals surface area contributed by atoms with Gasteiger partial charge < -0.3 is 10.1 Å². The Morgan fingerprint density at radius 2 is 2.07 bits per heavy atom. The lowest BCUT2D eigenvalue weighted by Gasteiger charge is -1.94. The molecular weight excluding hydrogens is 200 g/mol. The van der Waals surface area contributed by atoms with E-state index in [0.29, 0.717) is 0 Å². The van der Waals surface area contributed by atoms with Gasteiger partial charge in [-0.25, -0.2) is 0 Å². The van der Waals surface area contributed by atoms with Crippen LogP contribution in [0.4, 0.5) is 0 Å². The zero-order valence-corrected chi connectivity index (χ0v) is 7.90. The minimum absolute atomic E-state index is 0.119. The molecule has 4 nitrogen and oxygen atoms in total. The third kappa shape index (κ3) is 1.67. The molecule has 0 N–H and O–H groups in total. The predicted molar refractivity (Wildman–Crippen MR) is 55.8 cm³/mol. The lowest BCUT2D eigenvalue weighted by atomic mass is 10.2. The van der Waals surface area contributed by atoms with Crippen molar-refractivity contribution in [1.82, 2.24) is 0 Å². The van der Waals surface area contributed by atoms with Crippen LogP contribution in [-0.4, -0.2) is 10.8 Å². The van der Waals surface area contributed by atoms with Gasteiger partial charge in [-0.15, -0.1) is 0 Å².